The largest absolute Gasteiger partial charge is 0.487 e. The van der Waals surface area contributed by atoms with E-state index in [2.05, 4.69) is 16.0 Å². The molecule has 4 rings (SSSR count). The van der Waals surface area contributed by atoms with Gasteiger partial charge in [-0.1, -0.05) is 25.5 Å². The first-order valence-electron chi connectivity index (χ1n) is 16.4. The maximum Gasteiger partial charge on any atom is 0.321 e. The van der Waals surface area contributed by atoms with Crippen LogP contribution in [0.1, 0.15) is 56.3 Å². The molecule has 13 heteroatoms. The van der Waals surface area contributed by atoms with Crippen molar-refractivity contribution < 1.29 is 33.4 Å². The zero-order chi connectivity index (χ0) is 35.5. The number of nitrogens with two attached hydrogens (primary N) is 1. The van der Waals surface area contributed by atoms with Crippen molar-refractivity contribution in [1.82, 2.24) is 9.80 Å². The molecule has 1 heterocycles. The Morgan fingerprint density at radius 1 is 0.980 bits per heavy atom. The summed E-state index contributed by atoms with van der Waals surface area (Å²) in [6, 6.07) is 16.4. The summed E-state index contributed by atoms with van der Waals surface area (Å²) in [5.41, 5.74) is 8.02. The number of nitrogens with zero attached hydrogens (tertiary/aromatic N) is 2. The molecule has 3 aromatic rings. The van der Waals surface area contributed by atoms with Crippen LogP contribution in [0.5, 0.6) is 5.75 Å². The van der Waals surface area contributed by atoms with Gasteiger partial charge >= 0.3 is 6.03 Å². The van der Waals surface area contributed by atoms with Crippen LogP contribution in [0.25, 0.3) is 0 Å². The maximum atomic E-state index is 13.8. The molecule has 1 aliphatic rings. The van der Waals surface area contributed by atoms with E-state index in [0.29, 0.717) is 48.4 Å². The summed E-state index contributed by atoms with van der Waals surface area (Å²) in [6.45, 7) is 3.83. The number of halogens is 1. The summed E-state index contributed by atoms with van der Waals surface area (Å²) in [5, 5.41) is 18.3. The van der Waals surface area contributed by atoms with Gasteiger partial charge in [-0.05, 0) is 74.4 Å². The van der Waals surface area contributed by atoms with Gasteiger partial charge in [-0.2, -0.15) is 0 Å². The average Bonchev–Trinajstić information content (AvgIpc) is 3.08. The average molecular weight is 677 g/mol. The first-order chi connectivity index (χ1) is 23.4. The van der Waals surface area contributed by atoms with Crippen LogP contribution >= 0.6 is 0 Å². The smallest absolute Gasteiger partial charge is 0.321 e. The summed E-state index contributed by atoms with van der Waals surface area (Å²) in [5.74, 6) is -1.08. The molecular weight excluding hydrogens is 631 g/mol. The van der Waals surface area contributed by atoms with Crippen LogP contribution < -0.4 is 26.4 Å². The van der Waals surface area contributed by atoms with Gasteiger partial charge in [-0.15, -0.1) is 0 Å². The van der Waals surface area contributed by atoms with Crippen molar-refractivity contribution in [3.8, 4) is 5.75 Å². The predicted octanol–water partition coefficient (Wildman–Crippen LogP) is 5.32. The fourth-order valence-corrected chi connectivity index (χ4v) is 5.42. The van der Waals surface area contributed by atoms with E-state index in [-0.39, 0.29) is 61.1 Å². The van der Waals surface area contributed by atoms with Crippen LogP contribution in [0, 0.1) is 11.7 Å². The van der Waals surface area contributed by atoms with E-state index in [4.69, 9.17) is 10.5 Å². The van der Waals surface area contributed by atoms with E-state index < -0.39 is 24.0 Å². The van der Waals surface area contributed by atoms with Gasteiger partial charge in [0.1, 0.15) is 17.7 Å². The van der Waals surface area contributed by atoms with Crippen LogP contribution in [0.3, 0.4) is 0 Å². The number of nitrogens with one attached hydrogen (secondary N) is 3. The number of rotatable bonds is 13. The van der Waals surface area contributed by atoms with Crippen LogP contribution in [0.2, 0.25) is 0 Å². The number of fused-ring (bicyclic) bond motifs is 1. The number of likely N-dealkylation sites (N-methyl/N-ethyl adjacent to an activating group) is 1. The van der Waals surface area contributed by atoms with Crippen LogP contribution in [-0.2, 0) is 9.59 Å². The lowest BCUT2D eigenvalue weighted by molar-refractivity contribution is -0.116. The van der Waals surface area contributed by atoms with Gasteiger partial charge in [0.2, 0.25) is 11.8 Å². The number of aliphatic hydroxyl groups excluding tert-OH is 1. The fraction of sp³-hybridized carbons (Fsp3) is 0.389. The second kappa shape index (κ2) is 17.3. The Bertz CT molecular complexity index is 1620. The lowest BCUT2D eigenvalue weighted by Crippen LogP contribution is -2.50. The zero-order valence-corrected chi connectivity index (χ0v) is 28.1. The summed E-state index contributed by atoms with van der Waals surface area (Å²) in [4.78, 5) is 54.7. The molecule has 5 amide bonds. The number of unbranched alkanes of at least 4 members (excludes halogenated alkanes) is 2. The Labute approximate surface area is 285 Å². The Balaban J connectivity index is 1.36. The second-order valence-electron chi connectivity index (χ2n) is 12.4. The minimum absolute atomic E-state index is 0.142. The highest BCUT2D eigenvalue weighted by atomic mass is 19.1. The summed E-state index contributed by atoms with van der Waals surface area (Å²) in [7, 11) is 1.61. The molecule has 262 valence electrons. The van der Waals surface area contributed by atoms with E-state index in [1.807, 2.05) is 6.92 Å². The molecule has 0 fully saturated rings. The number of ether oxygens (including phenoxy) is 1. The molecule has 12 nitrogen and oxygen atoms in total. The highest BCUT2D eigenvalue weighted by Gasteiger charge is 2.34. The number of benzene rings is 3. The Kier molecular flexibility index (Phi) is 12.9. The van der Waals surface area contributed by atoms with E-state index in [0.717, 1.165) is 0 Å². The number of anilines is 4. The lowest BCUT2D eigenvalue weighted by atomic mass is 9.99. The van der Waals surface area contributed by atoms with Gasteiger partial charge in [0, 0.05) is 43.7 Å². The number of hydrogen-bond donors (Lipinski definition) is 5. The topological polar surface area (TPSA) is 166 Å². The number of aliphatic hydroxyl groups is 1. The van der Waals surface area contributed by atoms with Gasteiger partial charge in [-0.3, -0.25) is 14.4 Å². The monoisotopic (exact) mass is 676 g/mol. The molecule has 0 bridgehead atoms. The van der Waals surface area contributed by atoms with Crippen LogP contribution in [-0.4, -0.2) is 77.5 Å². The number of carbonyl (C=O) groups excluding carboxylic acids is 4. The summed E-state index contributed by atoms with van der Waals surface area (Å²) >= 11 is 0. The van der Waals surface area contributed by atoms with Gasteiger partial charge in [0.05, 0.1) is 36.1 Å². The minimum atomic E-state index is -0.531. The van der Waals surface area contributed by atoms with Crippen molar-refractivity contribution in [3.63, 3.8) is 0 Å². The Morgan fingerprint density at radius 3 is 2.31 bits per heavy atom. The van der Waals surface area contributed by atoms with E-state index in [9.17, 15) is 28.7 Å². The Hall–Kier alpha value is -5.17. The predicted molar refractivity (Wildman–Crippen MR) is 187 cm³/mol. The standard InChI is InChI=1S/C36H45FN6O6/c1-23-20-43(24(2)22-44)35(47)28-19-27(39-33(45)11-5-4-6-12-34(46)41-30-10-8-7-9-29(30)38)17-18-31(28)49-32(23)21-42(3)36(48)40-26-15-13-25(37)14-16-26/h7-10,13-19,23-24,32,44H,4-6,11-12,20-22,38H2,1-3H3,(H,39,45)(H,40,48)(H,41,46)/t23-,24+,32-/m0/s1. The maximum absolute atomic E-state index is 13.8. The van der Waals surface area contributed by atoms with Crippen molar-refractivity contribution >= 4 is 46.5 Å². The molecule has 0 aliphatic carbocycles. The van der Waals surface area contributed by atoms with E-state index >= 15 is 0 Å². The zero-order valence-electron chi connectivity index (χ0n) is 28.1. The number of nitrogen functional groups attached to an aromatic ring is 1. The quantitative estimate of drug-likeness (QED) is 0.121. The second-order valence-corrected chi connectivity index (χ2v) is 12.4. The first-order valence-corrected chi connectivity index (χ1v) is 16.4. The van der Waals surface area contributed by atoms with E-state index in [1.165, 1.54) is 29.2 Å². The minimum Gasteiger partial charge on any atom is -0.487 e. The van der Waals surface area contributed by atoms with Crippen molar-refractivity contribution in [3.05, 3.63) is 78.1 Å². The van der Waals surface area contributed by atoms with Gasteiger partial charge in [-0.25, -0.2) is 9.18 Å². The molecule has 0 radical (unpaired) electrons. The van der Waals surface area contributed by atoms with Crippen LogP contribution in [0.4, 0.5) is 31.9 Å². The molecule has 6 N–H and O–H groups in total. The van der Waals surface area contributed by atoms with E-state index in [1.54, 1.807) is 61.3 Å². The van der Waals surface area contributed by atoms with Gasteiger partial charge < -0.3 is 41.3 Å². The lowest BCUT2D eigenvalue weighted by Gasteiger charge is -2.38. The third-order valence-electron chi connectivity index (χ3n) is 8.39. The van der Waals surface area contributed by atoms with Gasteiger partial charge in [0.15, 0.2) is 0 Å². The Morgan fingerprint density at radius 2 is 1.63 bits per heavy atom. The molecule has 3 atom stereocenters. The number of para-hydroxylation sites is 2. The van der Waals surface area contributed by atoms with Crippen molar-refractivity contribution in [1.29, 1.82) is 0 Å². The third kappa shape index (κ3) is 10.4. The molecule has 49 heavy (non-hydrogen) atoms. The molecule has 0 saturated carbocycles. The van der Waals surface area contributed by atoms with Crippen molar-refractivity contribution in [2.24, 2.45) is 5.92 Å². The highest BCUT2D eigenvalue weighted by Crippen LogP contribution is 2.31. The summed E-state index contributed by atoms with van der Waals surface area (Å²) < 4.78 is 19.6. The first kappa shape index (κ1) is 36.7. The molecule has 3 aromatic carbocycles. The number of amides is 5. The van der Waals surface area contributed by atoms with Crippen molar-refractivity contribution in [2.45, 2.75) is 58.1 Å². The van der Waals surface area contributed by atoms with Crippen LogP contribution in [0.15, 0.2) is 66.7 Å². The molecule has 1 aliphatic heterocycles. The molecule has 0 spiro atoms. The number of hydrogen-bond acceptors (Lipinski definition) is 7. The third-order valence-corrected chi connectivity index (χ3v) is 8.39. The summed E-state index contributed by atoms with van der Waals surface area (Å²) in [6.07, 6.45) is 1.86. The molecule has 0 aromatic heterocycles. The normalized spacial score (nSPS) is 16.3. The SMILES string of the molecule is C[C@H](CO)N1C[C@H](C)[C@H](CN(C)C(=O)Nc2ccc(F)cc2)Oc2ccc(NC(=O)CCCCCC(=O)Nc3ccccc3N)cc2C1=O. The molecule has 0 saturated heterocycles. The molecular formula is C36H45FN6O6. The van der Waals surface area contributed by atoms with Crippen molar-refractivity contribution in [2.75, 3.05) is 48.4 Å². The fourth-order valence-electron chi connectivity index (χ4n) is 5.42. The van der Waals surface area contributed by atoms with Gasteiger partial charge in [0.25, 0.3) is 5.91 Å². The molecule has 0 unspecified atom stereocenters. The number of carbonyl (C=O) groups is 4. The number of urea groups is 1. The highest BCUT2D eigenvalue weighted by molar-refractivity contribution is 6.00.